The number of piperidine rings is 1. The number of hydrogen-bond acceptors (Lipinski definition) is 5. The van der Waals surface area contributed by atoms with E-state index in [-0.39, 0.29) is 12.1 Å². The van der Waals surface area contributed by atoms with Crippen LogP contribution in [0.5, 0.6) is 0 Å². The highest BCUT2D eigenvalue weighted by Crippen LogP contribution is 2.29. The molecule has 1 N–H and O–H groups in total. The lowest BCUT2D eigenvalue weighted by molar-refractivity contribution is 0.122. The number of aromatic nitrogens is 2. The van der Waals surface area contributed by atoms with Crippen LogP contribution in [0.2, 0.25) is 0 Å². The largest absolute Gasteiger partial charge is 0.376 e. The molecular formula is C21H30N4O3. The predicted octanol–water partition coefficient (Wildman–Crippen LogP) is 3.72. The van der Waals surface area contributed by atoms with Gasteiger partial charge >= 0.3 is 6.03 Å². The molecule has 1 saturated heterocycles. The highest BCUT2D eigenvalue weighted by atomic mass is 16.5. The molecule has 2 aromatic rings. The molecule has 0 bridgehead atoms. The van der Waals surface area contributed by atoms with Crippen LogP contribution in [0.3, 0.4) is 0 Å². The summed E-state index contributed by atoms with van der Waals surface area (Å²) in [6, 6.07) is 9.86. The van der Waals surface area contributed by atoms with Crippen molar-refractivity contribution >= 4 is 6.03 Å². The summed E-state index contributed by atoms with van der Waals surface area (Å²) in [7, 11) is 0. The zero-order chi connectivity index (χ0) is 19.8. The molecule has 1 unspecified atom stereocenters. The van der Waals surface area contributed by atoms with E-state index in [1.54, 1.807) is 0 Å². The van der Waals surface area contributed by atoms with E-state index in [1.165, 1.54) is 0 Å². The van der Waals surface area contributed by atoms with E-state index in [2.05, 4.69) is 29.3 Å². The maximum Gasteiger partial charge on any atom is 0.318 e. The fourth-order valence-electron chi connectivity index (χ4n) is 3.26. The minimum Gasteiger partial charge on any atom is -0.376 e. The SMILES string of the molecule is CC(C)CNC(=O)N1CCCCC1c1nc(CCOCc2ccccc2)no1. The normalized spacial score (nSPS) is 17.1. The van der Waals surface area contributed by atoms with Gasteiger partial charge in [-0.3, -0.25) is 0 Å². The molecule has 0 spiro atoms. The van der Waals surface area contributed by atoms with Crippen molar-refractivity contribution in [1.82, 2.24) is 20.4 Å². The van der Waals surface area contributed by atoms with Crippen LogP contribution < -0.4 is 5.32 Å². The molecule has 0 aliphatic carbocycles. The zero-order valence-electron chi connectivity index (χ0n) is 16.8. The molecule has 0 saturated carbocycles. The van der Waals surface area contributed by atoms with Crippen molar-refractivity contribution in [3.8, 4) is 0 Å². The van der Waals surface area contributed by atoms with E-state index in [0.29, 0.717) is 50.4 Å². The van der Waals surface area contributed by atoms with Crippen LogP contribution in [0.25, 0.3) is 0 Å². The number of amides is 2. The van der Waals surface area contributed by atoms with Gasteiger partial charge in [-0.1, -0.05) is 49.3 Å². The summed E-state index contributed by atoms with van der Waals surface area (Å²) in [5, 5.41) is 7.07. The van der Waals surface area contributed by atoms with Crippen molar-refractivity contribution < 1.29 is 14.1 Å². The number of hydrogen-bond donors (Lipinski definition) is 1. The van der Waals surface area contributed by atoms with E-state index in [4.69, 9.17) is 9.26 Å². The van der Waals surface area contributed by atoms with Gasteiger partial charge in [-0.2, -0.15) is 4.98 Å². The zero-order valence-corrected chi connectivity index (χ0v) is 16.8. The first kappa shape index (κ1) is 20.3. The molecule has 1 aliphatic rings. The quantitative estimate of drug-likeness (QED) is 0.699. The molecule has 0 radical (unpaired) electrons. The lowest BCUT2D eigenvalue weighted by Gasteiger charge is -2.33. The van der Waals surface area contributed by atoms with Crippen molar-refractivity contribution in [3.05, 3.63) is 47.6 Å². The first-order chi connectivity index (χ1) is 13.6. The van der Waals surface area contributed by atoms with Gasteiger partial charge in [0.15, 0.2) is 5.82 Å². The molecule has 2 amide bonds. The minimum absolute atomic E-state index is 0.0515. The lowest BCUT2D eigenvalue weighted by Crippen LogP contribution is -2.45. The predicted molar refractivity (Wildman–Crippen MR) is 106 cm³/mol. The van der Waals surface area contributed by atoms with Crippen LogP contribution in [0.1, 0.15) is 56.4 Å². The van der Waals surface area contributed by atoms with Gasteiger partial charge in [-0.05, 0) is 30.7 Å². The molecule has 1 fully saturated rings. The van der Waals surface area contributed by atoms with Gasteiger partial charge in [0.1, 0.15) is 6.04 Å². The number of ether oxygens (including phenoxy) is 1. The Kier molecular flexibility index (Phi) is 7.42. The number of nitrogens with one attached hydrogen (secondary N) is 1. The summed E-state index contributed by atoms with van der Waals surface area (Å²) < 4.78 is 11.2. The lowest BCUT2D eigenvalue weighted by atomic mass is 10.0. The Morgan fingerprint density at radius 1 is 1.32 bits per heavy atom. The molecule has 152 valence electrons. The minimum atomic E-state index is -0.146. The molecule has 1 atom stereocenters. The second-order valence-electron chi connectivity index (χ2n) is 7.62. The van der Waals surface area contributed by atoms with E-state index < -0.39 is 0 Å². The Morgan fingerprint density at radius 3 is 2.93 bits per heavy atom. The number of nitrogens with zero attached hydrogens (tertiary/aromatic N) is 3. The van der Waals surface area contributed by atoms with Gasteiger partial charge in [-0.25, -0.2) is 4.79 Å². The van der Waals surface area contributed by atoms with Gasteiger partial charge in [0, 0.05) is 19.5 Å². The van der Waals surface area contributed by atoms with Crippen LogP contribution in [0.4, 0.5) is 4.79 Å². The fourth-order valence-corrected chi connectivity index (χ4v) is 3.26. The van der Waals surface area contributed by atoms with Gasteiger partial charge < -0.3 is 19.5 Å². The highest BCUT2D eigenvalue weighted by Gasteiger charge is 2.32. The Hall–Kier alpha value is -2.41. The van der Waals surface area contributed by atoms with Crippen LogP contribution in [0.15, 0.2) is 34.9 Å². The molecule has 7 heteroatoms. The summed E-state index contributed by atoms with van der Waals surface area (Å²) in [6.45, 7) is 6.63. The van der Waals surface area contributed by atoms with E-state index in [0.717, 1.165) is 24.8 Å². The molecule has 1 aromatic carbocycles. The van der Waals surface area contributed by atoms with Gasteiger partial charge in [0.05, 0.1) is 13.2 Å². The second-order valence-corrected chi connectivity index (χ2v) is 7.62. The molecule has 2 heterocycles. The number of benzene rings is 1. The number of likely N-dealkylation sites (tertiary alicyclic amines) is 1. The standard InChI is InChI=1S/C21H30N4O3/c1-16(2)14-22-21(26)25-12-7-6-10-18(25)20-23-19(24-28-20)11-13-27-15-17-8-4-3-5-9-17/h3-5,8-9,16,18H,6-7,10-15H2,1-2H3,(H,22,26). The van der Waals surface area contributed by atoms with E-state index >= 15 is 0 Å². The molecule has 28 heavy (non-hydrogen) atoms. The van der Waals surface area contributed by atoms with E-state index in [1.807, 2.05) is 35.2 Å². The van der Waals surface area contributed by atoms with Crippen LogP contribution in [-0.2, 0) is 17.8 Å². The third-order valence-corrected chi connectivity index (χ3v) is 4.78. The molecule has 1 aliphatic heterocycles. The summed E-state index contributed by atoms with van der Waals surface area (Å²) in [4.78, 5) is 18.9. The Labute approximate surface area is 166 Å². The second kappa shape index (κ2) is 10.2. The monoisotopic (exact) mass is 386 g/mol. The number of carbonyl (C=O) groups is 1. The van der Waals surface area contributed by atoms with Crippen molar-refractivity contribution in [1.29, 1.82) is 0 Å². The summed E-state index contributed by atoms with van der Waals surface area (Å²) in [5.74, 6) is 1.56. The maximum atomic E-state index is 12.5. The van der Waals surface area contributed by atoms with Crippen molar-refractivity contribution in [2.24, 2.45) is 5.92 Å². The fraction of sp³-hybridized carbons (Fsp3) is 0.571. The number of rotatable bonds is 8. The topological polar surface area (TPSA) is 80.5 Å². The third kappa shape index (κ3) is 5.79. The number of urea groups is 1. The third-order valence-electron chi connectivity index (χ3n) is 4.78. The Morgan fingerprint density at radius 2 is 2.14 bits per heavy atom. The summed E-state index contributed by atoms with van der Waals surface area (Å²) >= 11 is 0. The van der Waals surface area contributed by atoms with Crippen LogP contribution in [-0.4, -0.2) is 40.8 Å². The van der Waals surface area contributed by atoms with Crippen molar-refractivity contribution in [2.75, 3.05) is 19.7 Å². The summed E-state index contributed by atoms with van der Waals surface area (Å²) in [5.41, 5.74) is 1.14. The molecule has 7 nitrogen and oxygen atoms in total. The average molecular weight is 386 g/mol. The average Bonchev–Trinajstić information content (AvgIpc) is 3.19. The summed E-state index contributed by atoms with van der Waals surface area (Å²) in [6.07, 6.45) is 3.49. The Bertz CT molecular complexity index is 732. The molecule has 3 rings (SSSR count). The highest BCUT2D eigenvalue weighted by molar-refractivity contribution is 5.74. The van der Waals surface area contributed by atoms with Gasteiger partial charge in [-0.15, -0.1) is 0 Å². The van der Waals surface area contributed by atoms with Gasteiger partial charge in [0.25, 0.3) is 0 Å². The first-order valence-corrected chi connectivity index (χ1v) is 10.1. The van der Waals surface area contributed by atoms with Crippen molar-refractivity contribution in [3.63, 3.8) is 0 Å². The smallest absolute Gasteiger partial charge is 0.318 e. The van der Waals surface area contributed by atoms with Gasteiger partial charge in [0.2, 0.25) is 5.89 Å². The number of carbonyl (C=O) groups excluding carboxylic acids is 1. The van der Waals surface area contributed by atoms with Crippen LogP contribution in [0, 0.1) is 5.92 Å². The maximum absolute atomic E-state index is 12.5. The Balaban J connectivity index is 1.51. The van der Waals surface area contributed by atoms with Crippen LogP contribution >= 0.6 is 0 Å². The van der Waals surface area contributed by atoms with E-state index in [9.17, 15) is 4.79 Å². The molecular weight excluding hydrogens is 356 g/mol. The first-order valence-electron chi connectivity index (χ1n) is 10.1. The molecule has 1 aromatic heterocycles. The van der Waals surface area contributed by atoms with Crippen molar-refractivity contribution in [2.45, 2.75) is 52.2 Å².